The lowest BCUT2D eigenvalue weighted by Gasteiger charge is -2.35. The number of rotatable bonds is 13. The molecule has 33 heavy (non-hydrogen) atoms. The maximum atomic E-state index is 13.1. The van der Waals surface area contributed by atoms with Gasteiger partial charge in [0.15, 0.2) is 5.78 Å². The van der Waals surface area contributed by atoms with Crippen LogP contribution in [0.5, 0.6) is 0 Å². The number of benzene rings is 1. The van der Waals surface area contributed by atoms with E-state index in [4.69, 9.17) is 0 Å². The molecule has 1 aliphatic rings. The van der Waals surface area contributed by atoms with Gasteiger partial charge in [-0.15, -0.1) is 0 Å². The molecule has 1 aromatic rings. The molecule has 3 atom stereocenters. The lowest BCUT2D eigenvalue weighted by Crippen LogP contribution is -2.45. The lowest BCUT2D eigenvalue weighted by molar-refractivity contribution is -0.133. The van der Waals surface area contributed by atoms with Crippen molar-refractivity contribution in [3.63, 3.8) is 0 Å². The summed E-state index contributed by atoms with van der Waals surface area (Å²) in [5.74, 6) is -2.36. The Hall–Kier alpha value is -3.48. The number of allylic oxidation sites excluding steroid dienone is 2. The van der Waals surface area contributed by atoms with Gasteiger partial charge in [0.1, 0.15) is 12.2 Å². The van der Waals surface area contributed by atoms with Crippen molar-refractivity contribution in [3.8, 4) is 0 Å². The molecule has 0 aliphatic carbocycles. The van der Waals surface area contributed by atoms with Crippen molar-refractivity contribution in [1.29, 1.82) is 0 Å². The summed E-state index contributed by atoms with van der Waals surface area (Å²) in [4.78, 5) is 49.5. The van der Waals surface area contributed by atoms with Gasteiger partial charge >= 0.3 is 0 Å². The third-order valence-electron chi connectivity index (χ3n) is 5.72. The third kappa shape index (κ3) is 6.75. The number of carbonyl (C=O) groups is 4. The molecule has 0 aromatic heterocycles. The van der Waals surface area contributed by atoms with Crippen molar-refractivity contribution in [1.82, 2.24) is 15.5 Å². The number of hydrogen-bond acceptors (Lipinski definition) is 6. The molecule has 2 unspecified atom stereocenters. The maximum absolute atomic E-state index is 13.1. The van der Waals surface area contributed by atoms with Crippen molar-refractivity contribution < 1.29 is 19.2 Å². The average molecular weight is 452 g/mol. The Bertz CT molecular complexity index is 936. The van der Waals surface area contributed by atoms with Gasteiger partial charge in [-0.05, 0) is 30.6 Å². The number of carbonyl (C=O) groups excluding carboxylic acids is 4. The number of nitrogens with zero attached hydrogens (tertiary/aromatic N) is 1. The summed E-state index contributed by atoms with van der Waals surface area (Å²) in [6, 6.07) is 9.07. The number of ketones is 1. The minimum atomic E-state index is -0.976. The van der Waals surface area contributed by atoms with Crippen LogP contribution in [0.3, 0.4) is 0 Å². The van der Waals surface area contributed by atoms with Crippen LogP contribution < -0.4 is 10.6 Å². The average Bonchev–Trinajstić information content (AvgIpc) is 3.13. The first-order valence-corrected chi connectivity index (χ1v) is 11.1. The summed E-state index contributed by atoms with van der Waals surface area (Å²) in [5, 5.41) is 5.43. The molecule has 7 heteroatoms. The SMILES string of the molecule is C=C(C[C@@H](c1ccccc1)N(CC)C(=C)/C=C\C=O)NC(C(=O)C1CC(=O)NC1=O)C(C)C. The molecular formula is C26H33N3O4. The van der Waals surface area contributed by atoms with Crippen LogP contribution in [0.25, 0.3) is 0 Å². The van der Waals surface area contributed by atoms with Crippen LogP contribution in [0.1, 0.15) is 45.2 Å². The minimum absolute atomic E-state index is 0.110. The van der Waals surface area contributed by atoms with Gasteiger partial charge in [-0.2, -0.15) is 0 Å². The molecule has 0 saturated carbocycles. The number of aldehydes is 1. The molecule has 7 nitrogen and oxygen atoms in total. The number of Topliss-reactive ketones (excluding diaryl/α,β-unsaturated/α-hetero) is 1. The molecule has 0 spiro atoms. The van der Waals surface area contributed by atoms with E-state index in [1.54, 1.807) is 6.08 Å². The van der Waals surface area contributed by atoms with Crippen LogP contribution >= 0.6 is 0 Å². The fourth-order valence-electron chi connectivity index (χ4n) is 4.03. The van der Waals surface area contributed by atoms with Crippen LogP contribution in [0.4, 0.5) is 0 Å². The monoisotopic (exact) mass is 451 g/mol. The molecule has 1 heterocycles. The summed E-state index contributed by atoms with van der Waals surface area (Å²) in [7, 11) is 0. The molecule has 0 bridgehead atoms. The van der Waals surface area contributed by atoms with Gasteiger partial charge in [0.05, 0.1) is 12.1 Å². The van der Waals surface area contributed by atoms with Crippen LogP contribution in [-0.2, 0) is 19.2 Å². The van der Waals surface area contributed by atoms with E-state index in [0.29, 0.717) is 30.6 Å². The fraction of sp³-hybridized carbons (Fsp3) is 0.385. The van der Waals surface area contributed by atoms with Crippen LogP contribution in [0, 0.1) is 11.8 Å². The van der Waals surface area contributed by atoms with E-state index in [-0.39, 0.29) is 24.2 Å². The number of amides is 2. The second-order valence-corrected chi connectivity index (χ2v) is 8.44. The quantitative estimate of drug-likeness (QED) is 0.157. The smallest absolute Gasteiger partial charge is 0.237 e. The van der Waals surface area contributed by atoms with Gasteiger partial charge in [0.2, 0.25) is 11.8 Å². The van der Waals surface area contributed by atoms with Crippen molar-refractivity contribution >= 4 is 23.9 Å². The maximum Gasteiger partial charge on any atom is 0.237 e. The first-order chi connectivity index (χ1) is 15.7. The Morgan fingerprint density at radius 1 is 1.24 bits per heavy atom. The number of nitrogens with one attached hydrogen (secondary N) is 2. The Morgan fingerprint density at radius 3 is 2.42 bits per heavy atom. The van der Waals surface area contributed by atoms with Crippen molar-refractivity contribution in [3.05, 3.63) is 72.6 Å². The summed E-state index contributed by atoms with van der Waals surface area (Å²) in [5.41, 5.74) is 2.35. The van der Waals surface area contributed by atoms with E-state index in [0.717, 1.165) is 5.56 Å². The second kappa shape index (κ2) is 11.9. The number of imide groups is 1. The highest BCUT2D eigenvalue weighted by molar-refractivity contribution is 6.15. The first kappa shape index (κ1) is 25.8. The first-order valence-electron chi connectivity index (χ1n) is 11.1. The Balaban J connectivity index is 2.24. The molecule has 176 valence electrons. The van der Waals surface area contributed by atoms with Crippen molar-refractivity contribution in [2.75, 3.05) is 6.54 Å². The molecule has 2 N–H and O–H groups in total. The Kier molecular flexibility index (Phi) is 9.33. The largest absolute Gasteiger partial charge is 0.379 e. The topological polar surface area (TPSA) is 95.6 Å². The van der Waals surface area contributed by atoms with E-state index >= 15 is 0 Å². The summed E-state index contributed by atoms with van der Waals surface area (Å²) in [6.07, 6.45) is 4.13. The van der Waals surface area contributed by atoms with E-state index in [1.165, 1.54) is 6.08 Å². The number of likely N-dealkylation sites (N-methyl/N-ethyl adjacent to an activating group) is 1. The van der Waals surface area contributed by atoms with Crippen molar-refractivity contribution in [2.24, 2.45) is 11.8 Å². The molecule has 1 fully saturated rings. The van der Waals surface area contributed by atoms with Crippen molar-refractivity contribution in [2.45, 2.75) is 45.7 Å². The second-order valence-electron chi connectivity index (χ2n) is 8.44. The lowest BCUT2D eigenvalue weighted by atomic mass is 9.89. The van der Waals surface area contributed by atoms with E-state index in [1.807, 2.05) is 51.1 Å². The number of hydrogen-bond donors (Lipinski definition) is 2. The van der Waals surface area contributed by atoms with E-state index in [9.17, 15) is 19.2 Å². The van der Waals surface area contributed by atoms with Gasteiger partial charge < -0.3 is 10.2 Å². The molecule has 1 saturated heterocycles. The molecule has 2 rings (SSSR count). The van der Waals surface area contributed by atoms with Gasteiger partial charge in [-0.3, -0.25) is 24.5 Å². The minimum Gasteiger partial charge on any atom is -0.379 e. The summed E-state index contributed by atoms with van der Waals surface area (Å²) >= 11 is 0. The Labute approximate surface area is 195 Å². The molecule has 1 aromatic carbocycles. The Morgan fingerprint density at radius 2 is 1.91 bits per heavy atom. The highest BCUT2D eigenvalue weighted by atomic mass is 16.2. The van der Waals surface area contributed by atoms with Crippen LogP contribution in [-0.4, -0.2) is 41.4 Å². The van der Waals surface area contributed by atoms with Gasteiger partial charge in [-0.1, -0.05) is 57.3 Å². The van der Waals surface area contributed by atoms with Crippen LogP contribution in [0.15, 0.2) is 67.0 Å². The zero-order chi connectivity index (χ0) is 24.5. The van der Waals surface area contributed by atoms with Gasteiger partial charge in [0, 0.05) is 30.8 Å². The van der Waals surface area contributed by atoms with Gasteiger partial charge in [-0.25, -0.2) is 0 Å². The predicted molar refractivity (Wildman–Crippen MR) is 128 cm³/mol. The van der Waals surface area contributed by atoms with Crippen LogP contribution in [0.2, 0.25) is 0 Å². The standard InChI is InChI=1S/C26H33N3O4/c1-6-29(19(5)11-10-14-30)22(20-12-8-7-9-13-20)15-18(4)27-24(17(2)3)25(32)21-16-23(31)28-26(21)33/h7-14,17,21-22,24,27H,4-6,15-16H2,1-3H3,(H,28,31,33)/b11-10-/t21?,22-,24?/m0/s1. The zero-order valence-electron chi connectivity index (χ0n) is 19.5. The van der Waals surface area contributed by atoms with E-state index in [2.05, 4.69) is 28.7 Å². The highest BCUT2D eigenvalue weighted by Crippen LogP contribution is 2.30. The highest BCUT2D eigenvalue weighted by Gasteiger charge is 2.40. The zero-order valence-corrected chi connectivity index (χ0v) is 19.5. The third-order valence-corrected chi connectivity index (χ3v) is 5.72. The molecule has 0 radical (unpaired) electrons. The molecule has 2 amide bonds. The van der Waals surface area contributed by atoms with Gasteiger partial charge in [0.25, 0.3) is 0 Å². The predicted octanol–water partition coefficient (Wildman–Crippen LogP) is 3.07. The van der Waals surface area contributed by atoms with E-state index < -0.39 is 23.8 Å². The normalized spacial score (nSPS) is 17.5. The fourth-order valence-corrected chi connectivity index (χ4v) is 4.03. The molecular weight excluding hydrogens is 418 g/mol. The molecule has 1 aliphatic heterocycles. The summed E-state index contributed by atoms with van der Waals surface area (Å²) in [6.45, 7) is 14.7. The summed E-state index contributed by atoms with van der Waals surface area (Å²) < 4.78 is 0.